The Kier molecular flexibility index (Phi) is 4.62. The molecule has 1 amide bonds. The lowest BCUT2D eigenvalue weighted by molar-refractivity contribution is -0.134. The molecule has 1 unspecified atom stereocenters. The number of hydrogen-bond donors (Lipinski definition) is 0. The number of nitrogens with zero attached hydrogens (tertiary/aromatic N) is 1. The second-order valence-corrected chi connectivity index (χ2v) is 5.41. The zero-order valence-electron chi connectivity index (χ0n) is 10.6. The SMILES string of the molecule is CC(C)C(=O)N1CCCC(C(C)C)CC1. The van der Waals surface area contributed by atoms with Gasteiger partial charge in [0.15, 0.2) is 0 Å². The highest BCUT2D eigenvalue weighted by atomic mass is 16.2. The normalized spacial score (nSPS) is 23.3. The molecule has 88 valence electrons. The highest BCUT2D eigenvalue weighted by Gasteiger charge is 2.23. The topological polar surface area (TPSA) is 20.3 Å². The average Bonchev–Trinajstić information content (AvgIpc) is 2.41. The molecular weight excluding hydrogens is 186 g/mol. The van der Waals surface area contributed by atoms with E-state index in [9.17, 15) is 4.79 Å². The smallest absolute Gasteiger partial charge is 0.225 e. The number of hydrogen-bond acceptors (Lipinski definition) is 1. The van der Waals surface area contributed by atoms with Gasteiger partial charge >= 0.3 is 0 Å². The molecule has 0 aromatic heterocycles. The van der Waals surface area contributed by atoms with E-state index in [4.69, 9.17) is 0 Å². The number of rotatable bonds is 2. The van der Waals surface area contributed by atoms with E-state index in [0.29, 0.717) is 5.91 Å². The molecule has 0 bridgehead atoms. The van der Waals surface area contributed by atoms with Crippen LogP contribution in [0.3, 0.4) is 0 Å². The van der Waals surface area contributed by atoms with Crippen LogP contribution in [0.4, 0.5) is 0 Å². The molecule has 1 aliphatic heterocycles. The van der Waals surface area contributed by atoms with Crippen LogP contribution in [0.25, 0.3) is 0 Å². The fraction of sp³-hybridized carbons (Fsp3) is 0.923. The minimum Gasteiger partial charge on any atom is -0.342 e. The van der Waals surface area contributed by atoms with Gasteiger partial charge in [-0.05, 0) is 31.1 Å². The van der Waals surface area contributed by atoms with Crippen LogP contribution in [0, 0.1) is 17.8 Å². The zero-order chi connectivity index (χ0) is 11.4. The summed E-state index contributed by atoms with van der Waals surface area (Å²) in [6.07, 6.45) is 3.66. The monoisotopic (exact) mass is 211 g/mol. The predicted octanol–water partition coefficient (Wildman–Crippen LogP) is 2.93. The quantitative estimate of drug-likeness (QED) is 0.687. The Hall–Kier alpha value is -0.530. The predicted molar refractivity (Wildman–Crippen MR) is 63.6 cm³/mol. The van der Waals surface area contributed by atoms with Crippen LogP contribution in [0.1, 0.15) is 47.0 Å². The minimum atomic E-state index is 0.153. The van der Waals surface area contributed by atoms with Crippen molar-refractivity contribution in [1.82, 2.24) is 4.90 Å². The molecule has 15 heavy (non-hydrogen) atoms. The summed E-state index contributed by atoms with van der Waals surface area (Å²) in [5, 5.41) is 0. The van der Waals surface area contributed by atoms with E-state index in [2.05, 4.69) is 18.7 Å². The zero-order valence-corrected chi connectivity index (χ0v) is 10.6. The van der Waals surface area contributed by atoms with E-state index in [0.717, 1.165) is 24.9 Å². The van der Waals surface area contributed by atoms with Gasteiger partial charge in [-0.25, -0.2) is 0 Å². The van der Waals surface area contributed by atoms with E-state index in [-0.39, 0.29) is 5.92 Å². The summed E-state index contributed by atoms with van der Waals surface area (Å²) in [6.45, 7) is 10.5. The number of carbonyl (C=O) groups excluding carboxylic acids is 1. The van der Waals surface area contributed by atoms with Crippen LogP contribution in [-0.2, 0) is 4.79 Å². The summed E-state index contributed by atoms with van der Waals surface area (Å²) in [5.41, 5.74) is 0. The van der Waals surface area contributed by atoms with Gasteiger partial charge < -0.3 is 4.90 Å². The molecule has 1 fully saturated rings. The van der Waals surface area contributed by atoms with Crippen molar-refractivity contribution in [2.45, 2.75) is 47.0 Å². The molecule has 0 aliphatic carbocycles. The first-order valence-electron chi connectivity index (χ1n) is 6.31. The Balaban J connectivity index is 2.49. The third-order valence-electron chi connectivity index (χ3n) is 3.52. The van der Waals surface area contributed by atoms with Gasteiger partial charge in [0.25, 0.3) is 0 Å². The largest absolute Gasteiger partial charge is 0.342 e. The molecule has 2 nitrogen and oxygen atoms in total. The van der Waals surface area contributed by atoms with E-state index < -0.39 is 0 Å². The van der Waals surface area contributed by atoms with Crippen molar-refractivity contribution in [3.63, 3.8) is 0 Å². The number of carbonyl (C=O) groups is 1. The lowest BCUT2D eigenvalue weighted by Gasteiger charge is -2.23. The van der Waals surface area contributed by atoms with E-state index >= 15 is 0 Å². The Morgan fingerprint density at radius 3 is 2.33 bits per heavy atom. The molecule has 0 N–H and O–H groups in total. The molecule has 0 saturated carbocycles. The van der Waals surface area contributed by atoms with E-state index in [1.807, 2.05) is 13.8 Å². The fourth-order valence-corrected chi connectivity index (χ4v) is 2.37. The molecule has 1 heterocycles. The van der Waals surface area contributed by atoms with E-state index in [1.54, 1.807) is 0 Å². The summed E-state index contributed by atoms with van der Waals surface area (Å²) in [4.78, 5) is 13.9. The molecule has 0 aromatic rings. The maximum atomic E-state index is 11.9. The number of likely N-dealkylation sites (tertiary alicyclic amines) is 1. The molecule has 2 heteroatoms. The average molecular weight is 211 g/mol. The molecule has 0 aromatic carbocycles. The van der Waals surface area contributed by atoms with Crippen LogP contribution in [0.5, 0.6) is 0 Å². The van der Waals surface area contributed by atoms with Gasteiger partial charge in [0, 0.05) is 19.0 Å². The number of amides is 1. The highest BCUT2D eigenvalue weighted by molar-refractivity contribution is 5.78. The summed E-state index contributed by atoms with van der Waals surface area (Å²) in [6, 6.07) is 0. The van der Waals surface area contributed by atoms with Crippen molar-refractivity contribution in [3.8, 4) is 0 Å². The molecule has 0 radical (unpaired) electrons. The second kappa shape index (κ2) is 5.53. The van der Waals surface area contributed by atoms with Crippen molar-refractivity contribution in [3.05, 3.63) is 0 Å². The van der Waals surface area contributed by atoms with E-state index in [1.165, 1.54) is 19.3 Å². The first kappa shape index (κ1) is 12.5. The Morgan fingerprint density at radius 1 is 1.13 bits per heavy atom. The van der Waals surface area contributed by atoms with Crippen molar-refractivity contribution >= 4 is 5.91 Å². The fourth-order valence-electron chi connectivity index (χ4n) is 2.37. The summed E-state index contributed by atoms with van der Waals surface area (Å²) in [5.74, 6) is 2.06. The Labute approximate surface area is 94.0 Å². The van der Waals surface area contributed by atoms with Gasteiger partial charge in [0.05, 0.1) is 0 Å². The third kappa shape index (κ3) is 3.51. The maximum Gasteiger partial charge on any atom is 0.225 e. The molecule has 1 saturated heterocycles. The van der Waals surface area contributed by atoms with Gasteiger partial charge in [-0.15, -0.1) is 0 Å². The van der Waals surface area contributed by atoms with Gasteiger partial charge in [-0.3, -0.25) is 4.79 Å². The van der Waals surface area contributed by atoms with Crippen LogP contribution in [0.2, 0.25) is 0 Å². The van der Waals surface area contributed by atoms with Crippen molar-refractivity contribution < 1.29 is 4.79 Å². The summed E-state index contributed by atoms with van der Waals surface area (Å²) >= 11 is 0. The highest BCUT2D eigenvalue weighted by Crippen LogP contribution is 2.25. The Morgan fingerprint density at radius 2 is 1.80 bits per heavy atom. The van der Waals surface area contributed by atoms with Crippen LogP contribution >= 0.6 is 0 Å². The lowest BCUT2D eigenvalue weighted by atomic mass is 9.89. The van der Waals surface area contributed by atoms with Gasteiger partial charge in [-0.1, -0.05) is 27.7 Å². The molecule has 0 spiro atoms. The van der Waals surface area contributed by atoms with Crippen LogP contribution in [0.15, 0.2) is 0 Å². The van der Waals surface area contributed by atoms with Gasteiger partial charge in [0.2, 0.25) is 5.91 Å². The van der Waals surface area contributed by atoms with Gasteiger partial charge in [0.1, 0.15) is 0 Å². The van der Waals surface area contributed by atoms with Crippen LogP contribution in [-0.4, -0.2) is 23.9 Å². The standard InChI is InChI=1S/C13H25NO/c1-10(2)12-6-5-8-14(9-7-12)13(15)11(3)4/h10-12H,5-9H2,1-4H3. The van der Waals surface area contributed by atoms with Gasteiger partial charge in [-0.2, -0.15) is 0 Å². The van der Waals surface area contributed by atoms with Crippen LogP contribution < -0.4 is 0 Å². The minimum absolute atomic E-state index is 0.153. The first-order chi connectivity index (χ1) is 7.02. The Bertz CT molecular complexity index is 211. The first-order valence-corrected chi connectivity index (χ1v) is 6.31. The summed E-state index contributed by atoms with van der Waals surface area (Å²) in [7, 11) is 0. The van der Waals surface area contributed by atoms with Crippen molar-refractivity contribution in [2.24, 2.45) is 17.8 Å². The van der Waals surface area contributed by atoms with Crippen molar-refractivity contribution in [1.29, 1.82) is 0 Å². The maximum absolute atomic E-state index is 11.9. The molecule has 1 aliphatic rings. The second-order valence-electron chi connectivity index (χ2n) is 5.41. The lowest BCUT2D eigenvalue weighted by Crippen LogP contribution is -2.35. The molecule has 1 atom stereocenters. The van der Waals surface area contributed by atoms with Crippen molar-refractivity contribution in [2.75, 3.05) is 13.1 Å². The molecular formula is C13H25NO. The molecule has 1 rings (SSSR count). The summed E-state index contributed by atoms with van der Waals surface area (Å²) < 4.78 is 0. The third-order valence-corrected chi connectivity index (χ3v) is 3.52.